The van der Waals surface area contributed by atoms with Crippen molar-refractivity contribution in [1.82, 2.24) is 20.1 Å². The molecule has 1 amide bonds. The molecular weight excluding hydrogens is 486 g/mol. The van der Waals surface area contributed by atoms with Crippen LogP contribution in [0.1, 0.15) is 48.9 Å². The number of aromatic amines is 1. The van der Waals surface area contributed by atoms with E-state index in [9.17, 15) is 14.4 Å². The van der Waals surface area contributed by atoms with Gasteiger partial charge >= 0.3 is 5.97 Å². The van der Waals surface area contributed by atoms with Gasteiger partial charge in [0.1, 0.15) is 11.4 Å². The molecule has 0 aromatic carbocycles. The van der Waals surface area contributed by atoms with Crippen LogP contribution in [-0.2, 0) is 9.53 Å². The predicted molar refractivity (Wildman–Crippen MR) is 137 cm³/mol. The van der Waals surface area contributed by atoms with Crippen LogP contribution in [0.4, 0.5) is 5.82 Å². The lowest BCUT2D eigenvalue weighted by atomic mass is 9.71. The van der Waals surface area contributed by atoms with Gasteiger partial charge in [-0.3, -0.25) is 14.4 Å². The van der Waals surface area contributed by atoms with E-state index in [4.69, 9.17) is 27.2 Å². The van der Waals surface area contributed by atoms with E-state index in [-0.39, 0.29) is 35.0 Å². The van der Waals surface area contributed by atoms with Crippen LogP contribution in [-0.4, -0.2) is 90.3 Å². The van der Waals surface area contributed by atoms with Gasteiger partial charge in [-0.15, -0.1) is 0 Å². The SMILES string of the molecule is CO[C@@H]1CN(CC(CCCC(=O)O)C2CN3CCC2CC3)CC[C@@H]1NC(=O)c1cc(Cl)c(N)[nH]c1=O. The number of piperidine rings is 4. The quantitative estimate of drug-likeness (QED) is 0.363. The number of carboxylic acid groups (broad SMARTS) is 1. The average molecular weight is 524 g/mol. The largest absolute Gasteiger partial charge is 0.481 e. The van der Waals surface area contributed by atoms with Gasteiger partial charge in [-0.2, -0.15) is 0 Å². The number of nitrogen functional groups attached to an aromatic ring is 1. The maximum absolute atomic E-state index is 12.8. The van der Waals surface area contributed by atoms with Gasteiger partial charge in [-0.05, 0) is 69.0 Å². The van der Waals surface area contributed by atoms with E-state index in [1.54, 1.807) is 7.11 Å². The molecule has 10 nitrogen and oxygen atoms in total. The van der Waals surface area contributed by atoms with Crippen LogP contribution in [0.3, 0.4) is 0 Å². The van der Waals surface area contributed by atoms with E-state index in [2.05, 4.69) is 20.1 Å². The minimum Gasteiger partial charge on any atom is -0.481 e. The molecule has 36 heavy (non-hydrogen) atoms. The van der Waals surface area contributed by atoms with E-state index in [1.165, 1.54) is 32.0 Å². The van der Waals surface area contributed by atoms with E-state index < -0.39 is 17.4 Å². The van der Waals surface area contributed by atoms with E-state index in [1.807, 2.05) is 0 Å². The number of hydrogen-bond donors (Lipinski definition) is 4. The molecule has 11 heteroatoms. The van der Waals surface area contributed by atoms with Gasteiger partial charge in [0.2, 0.25) is 0 Å². The van der Waals surface area contributed by atoms with Crippen LogP contribution in [0.15, 0.2) is 10.9 Å². The van der Waals surface area contributed by atoms with Crippen LogP contribution >= 0.6 is 11.6 Å². The third kappa shape index (κ3) is 6.40. The summed E-state index contributed by atoms with van der Waals surface area (Å²) < 4.78 is 5.76. The van der Waals surface area contributed by atoms with Crippen molar-refractivity contribution in [3.8, 4) is 0 Å². The van der Waals surface area contributed by atoms with Crippen LogP contribution in [0, 0.1) is 17.8 Å². The zero-order chi connectivity index (χ0) is 25.8. The number of carbonyl (C=O) groups is 2. The van der Waals surface area contributed by atoms with Gasteiger partial charge in [0, 0.05) is 39.7 Å². The molecule has 4 aliphatic heterocycles. The third-order valence-electron chi connectivity index (χ3n) is 8.30. The number of methoxy groups -OCH3 is 1. The zero-order valence-electron chi connectivity index (χ0n) is 20.9. The number of halogens is 1. The second-order valence-corrected chi connectivity index (χ2v) is 10.9. The number of amides is 1. The van der Waals surface area contributed by atoms with E-state index in [0.717, 1.165) is 32.0 Å². The smallest absolute Gasteiger partial charge is 0.303 e. The minimum absolute atomic E-state index is 0.0298. The topological polar surface area (TPSA) is 141 Å². The number of hydrogen-bond acceptors (Lipinski definition) is 7. The number of ether oxygens (including phenoxy) is 1. The summed E-state index contributed by atoms with van der Waals surface area (Å²) in [7, 11) is 1.64. The summed E-state index contributed by atoms with van der Waals surface area (Å²) in [5.41, 5.74) is 4.96. The number of aliphatic carboxylic acids is 1. The monoisotopic (exact) mass is 523 g/mol. The highest BCUT2D eigenvalue weighted by Gasteiger charge is 2.40. The van der Waals surface area contributed by atoms with Crippen molar-refractivity contribution in [3.63, 3.8) is 0 Å². The molecule has 2 bridgehead atoms. The fourth-order valence-electron chi connectivity index (χ4n) is 6.32. The maximum Gasteiger partial charge on any atom is 0.303 e. The molecule has 4 aliphatic rings. The van der Waals surface area contributed by atoms with Gasteiger partial charge < -0.3 is 35.7 Å². The number of nitrogens with two attached hydrogens (primary N) is 1. The molecule has 5 rings (SSSR count). The first-order valence-corrected chi connectivity index (χ1v) is 13.3. The molecule has 2 unspecified atom stereocenters. The molecule has 5 N–H and O–H groups in total. The zero-order valence-corrected chi connectivity index (χ0v) is 21.6. The molecule has 200 valence electrons. The number of H-pyrrole nitrogens is 1. The first-order chi connectivity index (χ1) is 17.2. The number of nitrogens with zero attached hydrogens (tertiary/aromatic N) is 2. The molecule has 0 saturated carbocycles. The van der Waals surface area contributed by atoms with Gasteiger partial charge in [0.25, 0.3) is 11.5 Å². The fraction of sp³-hybridized carbons (Fsp3) is 0.720. The van der Waals surface area contributed by atoms with Gasteiger partial charge in [0.15, 0.2) is 0 Å². The second-order valence-electron chi connectivity index (χ2n) is 10.5. The van der Waals surface area contributed by atoms with Crippen molar-refractivity contribution in [1.29, 1.82) is 0 Å². The Morgan fingerprint density at radius 2 is 2.03 bits per heavy atom. The lowest BCUT2D eigenvalue weighted by Gasteiger charge is -2.49. The van der Waals surface area contributed by atoms with E-state index in [0.29, 0.717) is 31.2 Å². The Morgan fingerprint density at radius 1 is 1.28 bits per heavy atom. The third-order valence-corrected chi connectivity index (χ3v) is 8.61. The molecule has 0 spiro atoms. The summed E-state index contributed by atoms with van der Waals surface area (Å²) in [5, 5.41) is 12.2. The van der Waals surface area contributed by atoms with Gasteiger partial charge in [-0.25, -0.2) is 0 Å². The highest BCUT2D eigenvalue weighted by atomic mass is 35.5. The maximum atomic E-state index is 12.8. The molecule has 4 fully saturated rings. The lowest BCUT2D eigenvalue weighted by molar-refractivity contribution is -0.137. The number of likely N-dealkylation sites (tertiary alicyclic amines) is 1. The van der Waals surface area contributed by atoms with Crippen molar-refractivity contribution in [2.75, 3.05) is 52.1 Å². The van der Waals surface area contributed by atoms with Crippen molar-refractivity contribution >= 4 is 29.3 Å². The molecular formula is C25H38ClN5O5. The molecule has 5 heterocycles. The number of carbonyl (C=O) groups excluding carboxylic acids is 1. The molecule has 1 aromatic heterocycles. The number of pyridine rings is 1. The molecule has 1 aromatic rings. The Morgan fingerprint density at radius 3 is 2.67 bits per heavy atom. The van der Waals surface area contributed by atoms with Crippen molar-refractivity contribution in [3.05, 3.63) is 27.0 Å². The average Bonchev–Trinajstić information content (AvgIpc) is 2.86. The van der Waals surface area contributed by atoms with Crippen molar-refractivity contribution in [2.45, 2.75) is 50.7 Å². The number of nitrogens with one attached hydrogen (secondary N) is 2. The van der Waals surface area contributed by atoms with E-state index >= 15 is 0 Å². The number of aromatic nitrogens is 1. The van der Waals surface area contributed by atoms with Crippen LogP contribution in [0.25, 0.3) is 0 Å². The fourth-order valence-corrected chi connectivity index (χ4v) is 6.47. The summed E-state index contributed by atoms with van der Waals surface area (Å²) in [6, 6.07) is 1.05. The van der Waals surface area contributed by atoms with Crippen molar-refractivity contribution in [2.24, 2.45) is 17.8 Å². The summed E-state index contributed by atoms with van der Waals surface area (Å²) in [6.45, 7) is 5.84. The Kier molecular flexibility index (Phi) is 8.92. The first kappa shape index (κ1) is 26.9. The Labute approximate surface area is 216 Å². The summed E-state index contributed by atoms with van der Waals surface area (Å²) in [5.74, 6) is 0.558. The number of fused-ring (bicyclic) bond motifs is 3. The summed E-state index contributed by atoms with van der Waals surface area (Å²) in [4.78, 5) is 43.5. The Hall–Kier alpha value is -2.14. The predicted octanol–water partition coefficient (Wildman–Crippen LogP) is 1.64. The van der Waals surface area contributed by atoms with Crippen molar-refractivity contribution < 1.29 is 19.4 Å². The highest BCUT2D eigenvalue weighted by Crippen LogP contribution is 2.39. The minimum atomic E-state index is -0.736. The highest BCUT2D eigenvalue weighted by molar-refractivity contribution is 6.33. The van der Waals surface area contributed by atoms with Crippen LogP contribution < -0.4 is 16.6 Å². The Balaban J connectivity index is 1.38. The summed E-state index contributed by atoms with van der Waals surface area (Å²) >= 11 is 5.99. The normalized spacial score (nSPS) is 29.1. The summed E-state index contributed by atoms with van der Waals surface area (Å²) in [6.07, 6.45) is 4.76. The van der Waals surface area contributed by atoms with Crippen LogP contribution in [0.2, 0.25) is 5.02 Å². The second kappa shape index (κ2) is 11.9. The molecule has 4 saturated heterocycles. The first-order valence-electron chi connectivity index (χ1n) is 12.9. The number of anilines is 1. The molecule has 0 radical (unpaired) electrons. The standard InChI is InChI=1S/C25H38ClN5O5/c1-36-21-14-31(10-7-20(21)28-24(34)17-11-19(26)23(27)29-25(17)35)12-16(3-2-4-22(32)33)18-13-30-8-5-15(18)6-9-30/h11,15-16,18,20-21H,2-10,12-14H2,1H3,(H,28,34)(H,32,33)(H3,27,29,35)/t16?,18?,20-,21+/m0/s1. The number of carboxylic acids is 1. The Bertz CT molecular complexity index is 996. The van der Waals surface area contributed by atoms with Gasteiger partial charge in [0.05, 0.1) is 17.2 Å². The lowest BCUT2D eigenvalue weighted by Crippen LogP contribution is -2.57. The van der Waals surface area contributed by atoms with Crippen LogP contribution in [0.5, 0.6) is 0 Å². The number of rotatable bonds is 10. The van der Waals surface area contributed by atoms with Gasteiger partial charge in [-0.1, -0.05) is 11.6 Å². The molecule has 0 aliphatic carbocycles. The molecule has 4 atom stereocenters.